The van der Waals surface area contributed by atoms with Crippen molar-refractivity contribution in [2.45, 2.75) is 12.5 Å². The zero-order valence-corrected chi connectivity index (χ0v) is 8.81. The first-order valence-electron chi connectivity index (χ1n) is 4.52. The van der Waals surface area contributed by atoms with Crippen molar-refractivity contribution in [3.63, 3.8) is 0 Å². The van der Waals surface area contributed by atoms with Gasteiger partial charge >= 0.3 is 0 Å². The van der Waals surface area contributed by atoms with Crippen LogP contribution in [0.3, 0.4) is 0 Å². The molecule has 1 unspecified atom stereocenters. The lowest BCUT2D eigenvalue weighted by Crippen LogP contribution is -2.01. The van der Waals surface area contributed by atoms with Gasteiger partial charge < -0.3 is 10.8 Å². The molecule has 0 amide bonds. The van der Waals surface area contributed by atoms with Crippen LogP contribution >= 0.6 is 11.3 Å². The summed E-state index contributed by atoms with van der Waals surface area (Å²) in [6.45, 7) is 0. The van der Waals surface area contributed by atoms with Gasteiger partial charge in [0.2, 0.25) is 0 Å². The highest BCUT2D eigenvalue weighted by molar-refractivity contribution is 7.09. The molecule has 2 heterocycles. The van der Waals surface area contributed by atoms with Crippen LogP contribution in [-0.2, 0) is 6.42 Å². The summed E-state index contributed by atoms with van der Waals surface area (Å²) < 4.78 is 0. The van der Waals surface area contributed by atoms with E-state index in [1.165, 1.54) is 11.3 Å². The number of hydrogen-bond acceptors (Lipinski definition) is 5. The molecule has 0 aliphatic rings. The van der Waals surface area contributed by atoms with Gasteiger partial charge in [0.15, 0.2) is 0 Å². The number of pyridine rings is 1. The fraction of sp³-hybridized carbons (Fsp3) is 0.200. The average molecular weight is 221 g/mol. The van der Waals surface area contributed by atoms with Gasteiger partial charge in [0, 0.05) is 18.8 Å². The zero-order chi connectivity index (χ0) is 10.7. The Morgan fingerprint density at radius 1 is 1.53 bits per heavy atom. The maximum atomic E-state index is 9.86. The first kappa shape index (κ1) is 10.1. The van der Waals surface area contributed by atoms with Crippen LogP contribution in [0.5, 0.6) is 0 Å². The summed E-state index contributed by atoms with van der Waals surface area (Å²) in [5, 5.41) is 9.86. The van der Waals surface area contributed by atoms with E-state index >= 15 is 0 Å². The number of nitrogens with zero attached hydrogens (tertiary/aromatic N) is 2. The minimum atomic E-state index is -0.515. The summed E-state index contributed by atoms with van der Waals surface area (Å²) in [5.74, 6) is 0.476. The summed E-state index contributed by atoms with van der Waals surface area (Å²) in [4.78, 5) is 8.69. The van der Waals surface area contributed by atoms with Gasteiger partial charge in [-0.2, -0.15) is 0 Å². The van der Waals surface area contributed by atoms with Crippen molar-refractivity contribution in [1.82, 2.24) is 9.97 Å². The standard InChI is InChI=1S/C10H11N3OS/c11-10-4-7(1-2-13-10)3-8(14)9-5-12-6-15-9/h1-2,4-6,8,14H,3H2,(H2,11,13). The molecule has 0 saturated carbocycles. The lowest BCUT2D eigenvalue weighted by molar-refractivity contribution is 0.182. The van der Waals surface area contributed by atoms with Crippen molar-refractivity contribution in [3.8, 4) is 0 Å². The second-order valence-electron chi connectivity index (χ2n) is 3.21. The Labute approximate surface area is 91.4 Å². The van der Waals surface area contributed by atoms with E-state index in [1.807, 2.05) is 6.07 Å². The molecule has 0 spiro atoms. The monoisotopic (exact) mass is 221 g/mol. The molecule has 78 valence electrons. The van der Waals surface area contributed by atoms with E-state index in [9.17, 15) is 5.11 Å². The summed E-state index contributed by atoms with van der Waals surface area (Å²) in [6, 6.07) is 3.62. The quantitative estimate of drug-likeness (QED) is 0.821. The number of nitrogen functional groups attached to an aromatic ring is 1. The number of hydrogen-bond donors (Lipinski definition) is 2. The minimum absolute atomic E-state index is 0.476. The highest BCUT2D eigenvalue weighted by Gasteiger charge is 2.10. The van der Waals surface area contributed by atoms with E-state index in [0.29, 0.717) is 12.2 Å². The van der Waals surface area contributed by atoms with Gasteiger partial charge in [0.1, 0.15) is 5.82 Å². The van der Waals surface area contributed by atoms with E-state index < -0.39 is 6.10 Å². The molecule has 0 aliphatic heterocycles. The Balaban J connectivity index is 2.09. The molecule has 2 aromatic heterocycles. The Morgan fingerprint density at radius 3 is 3.07 bits per heavy atom. The average Bonchev–Trinajstić information content (AvgIpc) is 2.70. The molecule has 0 radical (unpaired) electrons. The largest absolute Gasteiger partial charge is 0.387 e. The van der Waals surface area contributed by atoms with Crippen LogP contribution < -0.4 is 5.73 Å². The molecule has 4 nitrogen and oxygen atoms in total. The first-order valence-corrected chi connectivity index (χ1v) is 5.40. The number of aliphatic hydroxyl groups is 1. The fourth-order valence-electron chi connectivity index (χ4n) is 1.34. The van der Waals surface area contributed by atoms with Gasteiger partial charge in [0.05, 0.1) is 16.5 Å². The van der Waals surface area contributed by atoms with E-state index in [2.05, 4.69) is 9.97 Å². The third kappa shape index (κ3) is 2.51. The highest BCUT2D eigenvalue weighted by Crippen LogP contribution is 2.21. The number of aliphatic hydroxyl groups excluding tert-OH is 1. The summed E-state index contributed by atoms with van der Waals surface area (Å²) in [6.07, 6.45) is 3.35. The molecular weight excluding hydrogens is 210 g/mol. The topological polar surface area (TPSA) is 72.0 Å². The highest BCUT2D eigenvalue weighted by atomic mass is 32.1. The van der Waals surface area contributed by atoms with Crippen molar-refractivity contribution in [1.29, 1.82) is 0 Å². The molecule has 0 bridgehead atoms. The van der Waals surface area contributed by atoms with Gasteiger partial charge in [-0.25, -0.2) is 4.98 Å². The Kier molecular flexibility index (Phi) is 2.94. The molecule has 2 rings (SSSR count). The smallest absolute Gasteiger partial charge is 0.123 e. The lowest BCUT2D eigenvalue weighted by atomic mass is 10.1. The third-order valence-electron chi connectivity index (χ3n) is 2.05. The Bertz CT molecular complexity index is 430. The molecular formula is C10H11N3OS. The normalized spacial score (nSPS) is 12.6. The predicted octanol–water partition coefficient (Wildman–Crippen LogP) is 1.40. The van der Waals surface area contributed by atoms with E-state index in [-0.39, 0.29) is 0 Å². The van der Waals surface area contributed by atoms with E-state index in [0.717, 1.165) is 10.4 Å². The molecule has 0 aliphatic carbocycles. The number of aromatic nitrogens is 2. The molecule has 15 heavy (non-hydrogen) atoms. The second kappa shape index (κ2) is 4.37. The van der Waals surface area contributed by atoms with Crippen molar-refractivity contribution in [2.75, 3.05) is 5.73 Å². The van der Waals surface area contributed by atoms with Crippen LogP contribution in [0.25, 0.3) is 0 Å². The predicted molar refractivity (Wildman–Crippen MR) is 59.4 cm³/mol. The van der Waals surface area contributed by atoms with Gasteiger partial charge in [0.25, 0.3) is 0 Å². The summed E-state index contributed by atoms with van der Waals surface area (Å²) >= 11 is 1.45. The molecule has 3 N–H and O–H groups in total. The van der Waals surface area contributed by atoms with Crippen LogP contribution in [0.2, 0.25) is 0 Å². The SMILES string of the molecule is Nc1cc(CC(O)c2cncs2)ccn1. The molecule has 5 heteroatoms. The number of thiazole rings is 1. The van der Waals surface area contributed by atoms with Crippen LogP contribution in [0, 0.1) is 0 Å². The minimum Gasteiger partial charge on any atom is -0.387 e. The Morgan fingerprint density at radius 2 is 2.40 bits per heavy atom. The number of nitrogens with two attached hydrogens (primary N) is 1. The maximum absolute atomic E-state index is 9.86. The van der Waals surface area contributed by atoms with Crippen molar-refractivity contribution < 1.29 is 5.11 Å². The summed E-state index contributed by atoms with van der Waals surface area (Å²) in [7, 11) is 0. The van der Waals surface area contributed by atoms with Crippen molar-refractivity contribution in [2.24, 2.45) is 0 Å². The third-order valence-corrected chi connectivity index (χ3v) is 2.93. The van der Waals surface area contributed by atoms with Crippen LogP contribution in [0.15, 0.2) is 30.0 Å². The molecule has 0 saturated heterocycles. The molecule has 0 aromatic carbocycles. The van der Waals surface area contributed by atoms with Crippen molar-refractivity contribution >= 4 is 17.2 Å². The van der Waals surface area contributed by atoms with Gasteiger partial charge in [-0.3, -0.25) is 4.98 Å². The van der Waals surface area contributed by atoms with Crippen LogP contribution in [0.1, 0.15) is 16.5 Å². The zero-order valence-electron chi connectivity index (χ0n) is 8.00. The van der Waals surface area contributed by atoms with Gasteiger partial charge in [-0.1, -0.05) is 0 Å². The number of rotatable bonds is 3. The van der Waals surface area contributed by atoms with E-state index in [4.69, 9.17) is 5.73 Å². The summed E-state index contributed by atoms with van der Waals surface area (Å²) in [5.41, 5.74) is 8.23. The van der Waals surface area contributed by atoms with Crippen LogP contribution in [0.4, 0.5) is 5.82 Å². The van der Waals surface area contributed by atoms with Crippen LogP contribution in [-0.4, -0.2) is 15.1 Å². The second-order valence-corrected chi connectivity index (χ2v) is 4.13. The van der Waals surface area contributed by atoms with Gasteiger partial charge in [-0.05, 0) is 17.7 Å². The molecule has 1 atom stereocenters. The maximum Gasteiger partial charge on any atom is 0.123 e. The van der Waals surface area contributed by atoms with Crippen molar-refractivity contribution in [3.05, 3.63) is 40.5 Å². The fourth-order valence-corrected chi connectivity index (χ4v) is 1.94. The van der Waals surface area contributed by atoms with Gasteiger partial charge in [-0.15, -0.1) is 11.3 Å². The molecule has 2 aromatic rings. The van der Waals surface area contributed by atoms with E-state index in [1.54, 1.807) is 24.0 Å². The first-order chi connectivity index (χ1) is 7.25. The number of anilines is 1. The lowest BCUT2D eigenvalue weighted by Gasteiger charge is -2.07. The Hall–Kier alpha value is -1.46. The molecule has 0 fully saturated rings.